The lowest BCUT2D eigenvalue weighted by atomic mass is 9.95. The Kier molecular flexibility index (Phi) is 3.99. The van der Waals surface area contributed by atoms with Crippen LogP contribution in [0.4, 0.5) is 10.1 Å². The fourth-order valence-electron chi connectivity index (χ4n) is 3.23. The highest BCUT2D eigenvalue weighted by molar-refractivity contribution is 6.04. The van der Waals surface area contributed by atoms with Gasteiger partial charge in [0, 0.05) is 24.1 Å². The van der Waals surface area contributed by atoms with Gasteiger partial charge in [-0.1, -0.05) is 18.2 Å². The first-order valence-corrected chi connectivity index (χ1v) is 7.65. The highest BCUT2D eigenvalue weighted by atomic mass is 19.1. The van der Waals surface area contributed by atoms with Crippen molar-refractivity contribution in [3.8, 4) is 0 Å². The van der Waals surface area contributed by atoms with Gasteiger partial charge in [0.2, 0.25) is 5.91 Å². The molecule has 0 bridgehead atoms. The second-order valence-corrected chi connectivity index (χ2v) is 6.01. The van der Waals surface area contributed by atoms with Crippen LogP contribution < -0.4 is 5.32 Å². The number of nitrogens with one attached hydrogen (secondary N) is 1. The number of amides is 1. The predicted molar refractivity (Wildman–Crippen MR) is 87.1 cm³/mol. The van der Waals surface area contributed by atoms with E-state index >= 15 is 0 Å². The third kappa shape index (κ3) is 2.89. The number of Topliss-reactive ketones (excluding diaryl/α,β-unsaturated/α-hetero) is 1. The Morgan fingerprint density at radius 1 is 1.26 bits per heavy atom. The minimum absolute atomic E-state index is 0.0562. The zero-order chi connectivity index (χ0) is 16.6. The molecule has 0 saturated heterocycles. The molecule has 3 nitrogen and oxygen atoms in total. The Morgan fingerprint density at radius 2 is 2.00 bits per heavy atom. The minimum atomic E-state index is -0.271. The standard InChI is InChI=1S/C19H18FNO2/c1-11-16-10-14(9-13-5-3-4-6-17(13)20)19(23)15(16)7-8-18(11)21-12(2)22/h3-8,14H,9-10H2,1-2H3,(H,21,22). The van der Waals surface area contributed by atoms with Crippen LogP contribution in [0.25, 0.3) is 0 Å². The molecule has 1 aliphatic rings. The molecule has 118 valence electrons. The quantitative estimate of drug-likeness (QED) is 0.939. The van der Waals surface area contributed by atoms with Gasteiger partial charge >= 0.3 is 0 Å². The van der Waals surface area contributed by atoms with Crippen LogP contribution >= 0.6 is 0 Å². The summed E-state index contributed by atoms with van der Waals surface area (Å²) >= 11 is 0. The summed E-state index contributed by atoms with van der Waals surface area (Å²) in [6.07, 6.45) is 0.983. The number of anilines is 1. The molecular weight excluding hydrogens is 293 g/mol. The molecule has 1 aliphatic carbocycles. The second-order valence-electron chi connectivity index (χ2n) is 6.01. The molecule has 0 aromatic heterocycles. The molecule has 0 fully saturated rings. The predicted octanol–water partition coefficient (Wildman–Crippen LogP) is 3.69. The van der Waals surface area contributed by atoms with Crippen molar-refractivity contribution in [1.29, 1.82) is 0 Å². The van der Waals surface area contributed by atoms with Crippen molar-refractivity contribution in [3.05, 3.63) is 64.5 Å². The molecule has 0 spiro atoms. The molecule has 1 atom stereocenters. The van der Waals surface area contributed by atoms with Crippen LogP contribution in [-0.4, -0.2) is 11.7 Å². The van der Waals surface area contributed by atoms with Crippen molar-refractivity contribution in [2.45, 2.75) is 26.7 Å². The van der Waals surface area contributed by atoms with Gasteiger partial charge in [-0.2, -0.15) is 0 Å². The maximum Gasteiger partial charge on any atom is 0.221 e. The van der Waals surface area contributed by atoms with Gasteiger partial charge in [-0.3, -0.25) is 9.59 Å². The average Bonchev–Trinajstić information content (AvgIpc) is 2.82. The minimum Gasteiger partial charge on any atom is -0.326 e. The molecule has 23 heavy (non-hydrogen) atoms. The Morgan fingerprint density at radius 3 is 2.70 bits per heavy atom. The largest absolute Gasteiger partial charge is 0.326 e. The Hall–Kier alpha value is -2.49. The van der Waals surface area contributed by atoms with E-state index in [-0.39, 0.29) is 23.4 Å². The van der Waals surface area contributed by atoms with E-state index in [1.54, 1.807) is 30.3 Å². The monoisotopic (exact) mass is 311 g/mol. The van der Waals surface area contributed by atoms with Crippen molar-refractivity contribution >= 4 is 17.4 Å². The molecule has 0 saturated carbocycles. The zero-order valence-corrected chi connectivity index (χ0v) is 13.2. The molecule has 4 heteroatoms. The zero-order valence-electron chi connectivity index (χ0n) is 13.2. The lowest BCUT2D eigenvalue weighted by molar-refractivity contribution is -0.114. The van der Waals surface area contributed by atoms with Crippen LogP contribution in [0, 0.1) is 18.7 Å². The van der Waals surface area contributed by atoms with E-state index in [4.69, 9.17) is 0 Å². The van der Waals surface area contributed by atoms with Gasteiger partial charge in [0.1, 0.15) is 5.82 Å². The van der Waals surface area contributed by atoms with E-state index in [0.29, 0.717) is 24.0 Å². The normalized spacial score (nSPS) is 16.3. The van der Waals surface area contributed by atoms with Crippen LogP contribution in [0.3, 0.4) is 0 Å². The molecule has 3 rings (SSSR count). The summed E-state index contributed by atoms with van der Waals surface area (Å²) in [5.41, 5.74) is 3.87. The van der Waals surface area contributed by atoms with Crippen LogP contribution in [0.2, 0.25) is 0 Å². The first-order valence-electron chi connectivity index (χ1n) is 7.65. The van der Waals surface area contributed by atoms with Crippen LogP contribution in [-0.2, 0) is 17.6 Å². The summed E-state index contributed by atoms with van der Waals surface area (Å²) in [6, 6.07) is 10.1. The molecular formula is C19H18FNO2. The van der Waals surface area contributed by atoms with E-state index in [2.05, 4.69) is 5.32 Å². The molecule has 0 radical (unpaired) electrons. The number of rotatable bonds is 3. The summed E-state index contributed by atoms with van der Waals surface area (Å²) < 4.78 is 13.8. The second kappa shape index (κ2) is 5.95. The van der Waals surface area contributed by atoms with E-state index < -0.39 is 0 Å². The van der Waals surface area contributed by atoms with Crippen molar-refractivity contribution in [2.75, 3.05) is 5.32 Å². The van der Waals surface area contributed by atoms with Gasteiger partial charge in [-0.25, -0.2) is 4.39 Å². The van der Waals surface area contributed by atoms with Gasteiger partial charge in [-0.05, 0) is 54.7 Å². The third-order valence-corrected chi connectivity index (χ3v) is 4.42. The number of carbonyl (C=O) groups excluding carboxylic acids is 2. The summed E-state index contributed by atoms with van der Waals surface area (Å²) in [7, 11) is 0. The van der Waals surface area contributed by atoms with E-state index in [9.17, 15) is 14.0 Å². The molecule has 0 heterocycles. The topological polar surface area (TPSA) is 46.2 Å². The number of carbonyl (C=O) groups is 2. The highest BCUT2D eigenvalue weighted by Gasteiger charge is 2.32. The molecule has 1 N–H and O–H groups in total. The fraction of sp³-hybridized carbons (Fsp3) is 0.263. The van der Waals surface area contributed by atoms with Crippen molar-refractivity contribution < 1.29 is 14.0 Å². The number of hydrogen-bond acceptors (Lipinski definition) is 2. The average molecular weight is 311 g/mol. The number of fused-ring (bicyclic) bond motifs is 1. The van der Waals surface area contributed by atoms with Crippen LogP contribution in [0.1, 0.15) is 34.0 Å². The van der Waals surface area contributed by atoms with Crippen molar-refractivity contribution in [2.24, 2.45) is 5.92 Å². The van der Waals surface area contributed by atoms with Crippen molar-refractivity contribution in [1.82, 2.24) is 0 Å². The number of hydrogen-bond donors (Lipinski definition) is 1. The summed E-state index contributed by atoms with van der Waals surface area (Å²) in [5.74, 6) is -0.596. The van der Waals surface area contributed by atoms with Gasteiger partial charge in [0.15, 0.2) is 5.78 Å². The van der Waals surface area contributed by atoms with Gasteiger partial charge in [0.05, 0.1) is 0 Å². The first kappa shape index (κ1) is 15.4. The Labute approximate surface area is 134 Å². The molecule has 2 aromatic rings. The number of benzene rings is 2. The van der Waals surface area contributed by atoms with Gasteiger partial charge in [-0.15, -0.1) is 0 Å². The van der Waals surface area contributed by atoms with Crippen LogP contribution in [0.15, 0.2) is 36.4 Å². The van der Waals surface area contributed by atoms with Crippen molar-refractivity contribution in [3.63, 3.8) is 0 Å². The summed E-state index contributed by atoms with van der Waals surface area (Å²) in [6.45, 7) is 3.36. The molecule has 2 aromatic carbocycles. The van der Waals surface area contributed by atoms with Crippen LogP contribution in [0.5, 0.6) is 0 Å². The maximum atomic E-state index is 13.8. The van der Waals surface area contributed by atoms with E-state index in [1.807, 2.05) is 6.92 Å². The Bertz CT molecular complexity index is 798. The lowest BCUT2D eigenvalue weighted by Crippen LogP contribution is -2.13. The molecule has 0 aliphatic heterocycles. The third-order valence-electron chi connectivity index (χ3n) is 4.42. The maximum absolute atomic E-state index is 13.8. The number of halogens is 1. The lowest BCUT2D eigenvalue weighted by Gasteiger charge is -2.10. The first-order chi connectivity index (χ1) is 11.0. The summed E-state index contributed by atoms with van der Waals surface area (Å²) in [5, 5.41) is 2.78. The Balaban J connectivity index is 1.88. The molecule has 1 amide bonds. The van der Waals surface area contributed by atoms with Gasteiger partial charge < -0.3 is 5.32 Å². The number of ketones is 1. The molecule has 1 unspecified atom stereocenters. The van der Waals surface area contributed by atoms with Gasteiger partial charge in [0.25, 0.3) is 0 Å². The van der Waals surface area contributed by atoms with E-state index in [1.165, 1.54) is 13.0 Å². The van der Waals surface area contributed by atoms with E-state index in [0.717, 1.165) is 16.8 Å². The SMILES string of the molecule is CC(=O)Nc1ccc2c(c1C)CC(Cc1ccccc1F)C2=O. The smallest absolute Gasteiger partial charge is 0.221 e. The summed E-state index contributed by atoms with van der Waals surface area (Å²) in [4.78, 5) is 23.8. The fourth-order valence-corrected chi connectivity index (χ4v) is 3.23. The highest BCUT2D eigenvalue weighted by Crippen LogP contribution is 2.34.